The topological polar surface area (TPSA) is 17.8 Å². The van der Waals surface area contributed by atoms with Crippen molar-refractivity contribution in [2.75, 3.05) is 17.4 Å². The molecular formula is C16H23ClN2S. The Kier molecular flexibility index (Phi) is 5.79. The quantitative estimate of drug-likeness (QED) is 0.538. The lowest BCUT2D eigenvalue weighted by molar-refractivity contribution is 0.528. The number of benzene rings is 1. The van der Waals surface area contributed by atoms with E-state index in [0.29, 0.717) is 11.9 Å². The number of halogens is 1. The Balaban J connectivity index is 2.34. The molecule has 0 amide bonds. The van der Waals surface area contributed by atoms with E-state index in [0.717, 1.165) is 17.8 Å². The summed E-state index contributed by atoms with van der Waals surface area (Å²) in [6.07, 6.45) is 2.01. The number of imidazole rings is 1. The molecule has 0 aliphatic heterocycles. The molecule has 0 fully saturated rings. The normalized spacial score (nSPS) is 13.0. The molecule has 0 aliphatic rings. The minimum absolute atomic E-state index is 0.472. The predicted octanol–water partition coefficient (Wildman–Crippen LogP) is 4.83. The first-order valence-electron chi connectivity index (χ1n) is 7.28. The molecule has 1 unspecified atom stereocenters. The summed E-state index contributed by atoms with van der Waals surface area (Å²) in [5.74, 6) is 4.13. The van der Waals surface area contributed by atoms with Crippen molar-refractivity contribution in [3.63, 3.8) is 0 Å². The van der Waals surface area contributed by atoms with E-state index in [1.54, 1.807) is 0 Å². The maximum atomic E-state index is 5.94. The highest BCUT2D eigenvalue weighted by Gasteiger charge is 2.15. The van der Waals surface area contributed by atoms with Crippen LogP contribution in [0.15, 0.2) is 18.2 Å². The molecule has 0 saturated carbocycles. The van der Waals surface area contributed by atoms with Gasteiger partial charge in [0.25, 0.3) is 0 Å². The molecule has 1 heterocycles. The molecule has 2 nitrogen and oxygen atoms in total. The molecule has 4 heteroatoms. The zero-order valence-corrected chi connectivity index (χ0v) is 14.1. The van der Waals surface area contributed by atoms with Crippen molar-refractivity contribution in [2.45, 2.75) is 39.7 Å². The van der Waals surface area contributed by atoms with Crippen molar-refractivity contribution in [2.24, 2.45) is 0 Å². The van der Waals surface area contributed by atoms with Crippen LogP contribution in [0.4, 0.5) is 0 Å². The van der Waals surface area contributed by atoms with Gasteiger partial charge in [0.15, 0.2) is 0 Å². The van der Waals surface area contributed by atoms with E-state index < -0.39 is 0 Å². The Morgan fingerprint density at radius 2 is 2.20 bits per heavy atom. The van der Waals surface area contributed by atoms with Crippen LogP contribution < -0.4 is 0 Å². The van der Waals surface area contributed by atoms with Crippen molar-refractivity contribution in [3.05, 3.63) is 29.6 Å². The summed E-state index contributed by atoms with van der Waals surface area (Å²) in [4.78, 5) is 4.78. The van der Waals surface area contributed by atoms with Crippen molar-refractivity contribution in [1.82, 2.24) is 9.55 Å². The van der Waals surface area contributed by atoms with Gasteiger partial charge in [-0.2, -0.15) is 11.8 Å². The van der Waals surface area contributed by atoms with E-state index in [2.05, 4.69) is 43.5 Å². The van der Waals surface area contributed by atoms with Crippen LogP contribution in [0.5, 0.6) is 0 Å². The van der Waals surface area contributed by atoms with Crippen molar-refractivity contribution in [3.8, 4) is 0 Å². The molecule has 0 saturated heterocycles. The van der Waals surface area contributed by atoms with Gasteiger partial charge in [0.1, 0.15) is 5.82 Å². The number of hydrogen-bond donors (Lipinski definition) is 0. The van der Waals surface area contributed by atoms with Gasteiger partial charge in [-0.25, -0.2) is 4.98 Å². The fraction of sp³-hybridized carbons (Fsp3) is 0.562. The molecule has 110 valence electrons. The number of thioether (sulfide) groups is 1. The van der Waals surface area contributed by atoms with Crippen LogP contribution in [0.2, 0.25) is 0 Å². The average Bonchev–Trinajstić information content (AvgIpc) is 2.76. The maximum absolute atomic E-state index is 5.94. The highest BCUT2D eigenvalue weighted by atomic mass is 35.5. The van der Waals surface area contributed by atoms with Crippen molar-refractivity contribution in [1.29, 1.82) is 0 Å². The van der Waals surface area contributed by atoms with Gasteiger partial charge in [0.05, 0.1) is 11.0 Å². The van der Waals surface area contributed by atoms with Gasteiger partial charge in [-0.3, -0.25) is 0 Å². The summed E-state index contributed by atoms with van der Waals surface area (Å²) in [5, 5.41) is 0. The zero-order valence-electron chi connectivity index (χ0n) is 12.5. The van der Waals surface area contributed by atoms with Gasteiger partial charge in [-0.05, 0) is 49.5 Å². The summed E-state index contributed by atoms with van der Waals surface area (Å²) >= 11 is 7.94. The Bertz CT molecular complexity index is 565. The third-order valence-electron chi connectivity index (χ3n) is 3.56. The Morgan fingerprint density at radius 3 is 2.90 bits per heavy atom. The highest BCUT2D eigenvalue weighted by molar-refractivity contribution is 7.99. The SMILES string of the molecule is CCSCCC(C)n1c(CCCl)nc2cc(C)ccc21. The number of aryl methyl sites for hydroxylation is 2. The second kappa shape index (κ2) is 7.37. The number of fused-ring (bicyclic) bond motifs is 1. The molecule has 1 aromatic heterocycles. The van der Waals surface area contributed by atoms with Crippen LogP contribution in [0, 0.1) is 6.92 Å². The van der Waals surface area contributed by atoms with E-state index in [-0.39, 0.29) is 0 Å². The number of alkyl halides is 1. The lowest BCUT2D eigenvalue weighted by Gasteiger charge is -2.17. The standard InChI is InChI=1S/C16H23ClN2S/c1-4-20-10-8-13(3)19-15-6-5-12(2)11-14(15)18-16(19)7-9-17/h5-6,11,13H,4,7-10H2,1-3H3. The summed E-state index contributed by atoms with van der Waals surface area (Å²) in [6, 6.07) is 6.99. The van der Waals surface area contributed by atoms with Crippen LogP contribution in [0.3, 0.4) is 0 Å². The Morgan fingerprint density at radius 1 is 1.40 bits per heavy atom. The smallest absolute Gasteiger partial charge is 0.111 e. The number of aromatic nitrogens is 2. The summed E-state index contributed by atoms with van der Waals surface area (Å²) < 4.78 is 2.38. The molecule has 20 heavy (non-hydrogen) atoms. The van der Waals surface area contributed by atoms with E-state index >= 15 is 0 Å². The van der Waals surface area contributed by atoms with Gasteiger partial charge in [-0.15, -0.1) is 11.6 Å². The van der Waals surface area contributed by atoms with Crippen LogP contribution >= 0.6 is 23.4 Å². The van der Waals surface area contributed by atoms with E-state index in [4.69, 9.17) is 16.6 Å². The zero-order chi connectivity index (χ0) is 14.5. The lowest BCUT2D eigenvalue weighted by Crippen LogP contribution is -2.11. The molecular weight excluding hydrogens is 288 g/mol. The first-order valence-corrected chi connectivity index (χ1v) is 8.97. The molecule has 0 radical (unpaired) electrons. The molecule has 0 N–H and O–H groups in total. The number of nitrogens with zero attached hydrogens (tertiary/aromatic N) is 2. The third-order valence-corrected chi connectivity index (χ3v) is 4.68. The monoisotopic (exact) mass is 310 g/mol. The third kappa shape index (κ3) is 3.50. The fourth-order valence-electron chi connectivity index (χ4n) is 2.54. The van der Waals surface area contributed by atoms with Gasteiger partial charge >= 0.3 is 0 Å². The fourth-order valence-corrected chi connectivity index (χ4v) is 3.50. The summed E-state index contributed by atoms with van der Waals surface area (Å²) in [7, 11) is 0. The van der Waals surface area contributed by atoms with Crippen LogP contribution in [-0.2, 0) is 6.42 Å². The number of rotatable bonds is 7. The van der Waals surface area contributed by atoms with Crippen molar-refractivity contribution >= 4 is 34.4 Å². The lowest BCUT2D eigenvalue weighted by atomic mass is 10.2. The van der Waals surface area contributed by atoms with E-state index in [1.807, 2.05) is 11.8 Å². The second-order valence-electron chi connectivity index (χ2n) is 5.16. The summed E-state index contributed by atoms with van der Waals surface area (Å²) in [5.41, 5.74) is 3.60. The molecule has 0 aliphatic carbocycles. The van der Waals surface area contributed by atoms with Gasteiger partial charge < -0.3 is 4.57 Å². The average molecular weight is 311 g/mol. The van der Waals surface area contributed by atoms with Gasteiger partial charge in [-0.1, -0.05) is 13.0 Å². The molecule has 2 rings (SSSR count). The molecule has 1 aromatic carbocycles. The largest absolute Gasteiger partial charge is 0.325 e. The minimum atomic E-state index is 0.472. The minimum Gasteiger partial charge on any atom is -0.325 e. The Hall–Kier alpha value is -0.670. The molecule has 2 aromatic rings. The molecule has 0 bridgehead atoms. The first kappa shape index (κ1) is 15.7. The van der Waals surface area contributed by atoms with E-state index in [9.17, 15) is 0 Å². The van der Waals surface area contributed by atoms with Gasteiger partial charge in [0, 0.05) is 18.3 Å². The molecule has 0 spiro atoms. The molecule has 1 atom stereocenters. The Labute approximate surface area is 130 Å². The van der Waals surface area contributed by atoms with Gasteiger partial charge in [0.2, 0.25) is 0 Å². The maximum Gasteiger partial charge on any atom is 0.111 e. The van der Waals surface area contributed by atoms with Crippen LogP contribution in [0.25, 0.3) is 11.0 Å². The van der Waals surface area contributed by atoms with Crippen molar-refractivity contribution < 1.29 is 0 Å². The first-order chi connectivity index (χ1) is 9.67. The second-order valence-corrected chi connectivity index (χ2v) is 6.94. The summed E-state index contributed by atoms with van der Waals surface area (Å²) in [6.45, 7) is 6.61. The highest BCUT2D eigenvalue weighted by Crippen LogP contribution is 2.25. The van der Waals surface area contributed by atoms with Crippen LogP contribution in [-0.4, -0.2) is 26.9 Å². The van der Waals surface area contributed by atoms with E-state index in [1.165, 1.54) is 29.0 Å². The van der Waals surface area contributed by atoms with Crippen LogP contribution in [0.1, 0.15) is 37.7 Å². The number of hydrogen-bond acceptors (Lipinski definition) is 2. The predicted molar refractivity (Wildman–Crippen MR) is 91.2 cm³/mol.